The number of alkyl carbamates (subject to hydrolysis) is 1. The van der Waals surface area contributed by atoms with E-state index < -0.39 is 5.60 Å². The largest absolute Gasteiger partial charge is 0.436 e. The smallest absolute Gasteiger partial charge is 0.408 e. The Hall–Kier alpha value is -4.24. The van der Waals surface area contributed by atoms with E-state index in [-0.39, 0.29) is 12.1 Å². The zero-order chi connectivity index (χ0) is 27.4. The van der Waals surface area contributed by atoms with E-state index in [1.54, 1.807) is 4.68 Å². The minimum Gasteiger partial charge on any atom is -0.436 e. The lowest BCUT2D eigenvalue weighted by Crippen LogP contribution is -2.27. The molecule has 9 heteroatoms. The van der Waals surface area contributed by atoms with Gasteiger partial charge in [0.2, 0.25) is 0 Å². The van der Waals surface area contributed by atoms with Crippen LogP contribution in [-0.4, -0.2) is 50.4 Å². The fraction of sp³-hybridized carbons (Fsp3) is 0.355. The Morgan fingerprint density at radius 3 is 2.58 bits per heavy atom. The lowest BCUT2D eigenvalue weighted by atomic mass is 9.86. The zero-order valence-corrected chi connectivity index (χ0v) is 22.9. The summed E-state index contributed by atoms with van der Waals surface area (Å²) in [5.41, 5.74) is 7.31. The lowest BCUT2D eigenvalue weighted by molar-refractivity contribution is 0.0552. The van der Waals surface area contributed by atoms with Gasteiger partial charge in [-0.05, 0) is 55.9 Å². The lowest BCUT2D eigenvalue weighted by Gasteiger charge is -2.33. The Morgan fingerprint density at radius 1 is 1.07 bits per heavy atom. The van der Waals surface area contributed by atoms with E-state index >= 15 is 0 Å². The number of cyclic esters (lactones) is 1. The number of hydrogen-bond acceptors (Lipinski definition) is 6. The molecule has 9 nitrogen and oxygen atoms in total. The third kappa shape index (κ3) is 3.95. The summed E-state index contributed by atoms with van der Waals surface area (Å²) in [5, 5.41) is 12.4. The van der Waals surface area contributed by atoms with Gasteiger partial charge in [-0.3, -0.25) is 4.98 Å². The first-order valence-electron chi connectivity index (χ1n) is 13.8. The first kappa shape index (κ1) is 24.8. The van der Waals surface area contributed by atoms with Gasteiger partial charge >= 0.3 is 6.09 Å². The minimum atomic E-state index is -0.746. The highest BCUT2D eigenvalue weighted by atomic mass is 16.6. The van der Waals surface area contributed by atoms with Crippen molar-refractivity contribution in [3.8, 4) is 11.3 Å². The summed E-state index contributed by atoms with van der Waals surface area (Å²) in [6.07, 6.45) is 3.47. The first-order chi connectivity index (χ1) is 19.4. The summed E-state index contributed by atoms with van der Waals surface area (Å²) in [7, 11) is 1.91. The third-order valence-corrected chi connectivity index (χ3v) is 8.54. The van der Waals surface area contributed by atoms with E-state index in [4.69, 9.17) is 14.5 Å². The van der Waals surface area contributed by atoms with Crippen molar-refractivity contribution in [2.24, 2.45) is 13.0 Å². The SMILES string of the molecule is Cc1nnn(C)c1-c1cnc2c3ccc([C@@]4(C)CNC(=O)O4)cc3n([C@H](c3ccccc3)C3CCOCC3)c2c1. The molecule has 5 aromatic rings. The maximum Gasteiger partial charge on any atom is 0.408 e. The van der Waals surface area contributed by atoms with E-state index in [9.17, 15) is 4.79 Å². The van der Waals surface area contributed by atoms with Gasteiger partial charge in [-0.25, -0.2) is 9.48 Å². The van der Waals surface area contributed by atoms with Gasteiger partial charge in [0.15, 0.2) is 5.60 Å². The number of ether oxygens (including phenoxy) is 2. The predicted molar refractivity (Wildman–Crippen MR) is 152 cm³/mol. The molecule has 2 fully saturated rings. The van der Waals surface area contributed by atoms with Crippen molar-refractivity contribution in [2.75, 3.05) is 19.8 Å². The molecule has 204 valence electrons. The molecule has 1 N–H and O–H groups in total. The highest BCUT2D eigenvalue weighted by Crippen LogP contribution is 2.42. The quantitative estimate of drug-likeness (QED) is 0.329. The van der Waals surface area contributed by atoms with Crippen LogP contribution in [0.25, 0.3) is 33.2 Å². The van der Waals surface area contributed by atoms with Crippen LogP contribution in [0.1, 0.15) is 42.6 Å². The maximum atomic E-state index is 12.0. The summed E-state index contributed by atoms with van der Waals surface area (Å²) in [4.78, 5) is 17.1. The van der Waals surface area contributed by atoms with Crippen molar-refractivity contribution >= 4 is 28.0 Å². The van der Waals surface area contributed by atoms with Gasteiger partial charge in [-0.1, -0.05) is 47.7 Å². The van der Waals surface area contributed by atoms with Crippen molar-refractivity contribution in [3.05, 3.63) is 77.6 Å². The fourth-order valence-electron chi connectivity index (χ4n) is 6.51. The van der Waals surface area contributed by atoms with Crippen molar-refractivity contribution in [2.45, 2.75) is 38.3 Å². The molecule has 3 aromatic heterocycles. The summed E-state index contributed by atoms with van der Waals surface area (Å²) in [6, 6.07) is 19.4. The molecule has 2 aliphatic rings. The molecule has 0 saturated carbocycles. The molecular formula is C31H32N6O3. The number of nitrogens with one attached hydrogen (secondary N) is 1. The van der Waals surface area contributed by atoms with Crippen molar-refractivity contribution in [3.63, 3.8) is 0 Å². The predicted octanol–water partition coefficient (Wildman–Crippen LogP) is 5.26. The summed E-state index contributed by atoms with van der Waals surface area (Å²) < 4.78 is 15.8. The number of carbonyl (C=O) groups excluding carboxylic acids is 1. The molecule has 2 saturated heterocycles. The van der Waals surface area contributed by atoms with E-state index in [0.29, 0.717) is 12.5 Å². The molecular weight excluding hydrogens is 504 g/mol. The Kier molecular flexibility index (Phi) is 5.85. The Morgan fingerprint density at radius 2 is 1.88 bits per heavy atom. The summed E-state index contributed by atoms with van der Waals surface area (Å²) in [5.74, 6) is 0.379. The number of fused-ring (bicyclic) bond motifs is 3. The molecule has 0 unspecified atom stereocenters. The molecule has 0 spiro atoms. The number of hydrogen-bond donors (Lipinski definition) is 1. The molecule has 0 bridgehead atoms. The molecule has 7 rings (SSSR count). The Bertz CT molecular complexity index is 1720. The normalized spacial score (nSPS) is 20.6. The van der Waals surface area contributed by atoms with Crippen LogP contribution < -0.4 is 5.32 Å². The number of aryl methyl sites for hydroxylation is 2. The molecule has 2 atom stereocenters. The second-order valence-corrected chi connectivity index (χ2v) is 11.1. The van der Waals surface area contributed by atoms with Gasteiger partial charge in [0.1, 0.15) is 0 Å². The number of carbonyl (C=O) groups is 1. The standard InChI is InChI=1S/C31H32N6O3/c1-19-28(36(3)35-34-19)22-15-26-27(32-17-22)24-10-9-23(31(2)18-33-30(38)40-31)16-25(24)37(26)29(20-7-5-4-6-8-20)21-11-13-39-14-12-21/h4-10,15-17,21,29H,11-14,18H2,1-3H3,(H,33,38)/t29-,31-/m1/s1. The van der Waals surface area contributed by atoms with Crippen molar-refractivity contribution in [1.82, 2.24) is 29.9 Å². The molecule has 1 amide bonds. The molecule has 0 aliphatic carbocycles. The van der Waals surface area contributed by atoms with E-state index in [0.717, 1.165) is 70.5 Å². The number of benzene rings is 2. The van der Waals surface area contributed by atoms with Crippen molar-refractivity contribution in [1.29, 1.82) is 0 Å². The molecule has 0 radical (unpaired) electrons. The fourth-order valence-corrected chi connectivity index (χ4v) is 6.51. The number of pyridine rings is 1. The van der Waals surface area contributed by atoms with Crippen LogP contribution in [0.2, 0.25) is 0 Å². The van der Waals surface area contributed by atoms with E-state index in [2.05, 4.69) is 74.8 Å². The highest BCUT2D eigenvalue weighted by Gasteiger charge is 2.38. The average Bonchev–Trinajstić information content (AvgIpc) is 3.62. The molecule has 2 aliphatic heterocycles. The molecule has 40 heavy (non-hydrogen) atoms. The van der Waals surface area contributed by atoms with Crippen LogP contribution >= 0.6 is 0 Å². The van der Waals surface area contributed by atoms with Gasteiger partial charge in [-0.2, -0.15) is 0 Å². The number of amides is 1. The van der Waals surface area contributed by atoms with Crippen LogP contribution in [-0.2, 0) is 22.1 Å². The molecule has 5 heterocycles. The van der Waals surface area contributed by atoms with Gasteiger partial charge in [0, 0.05) is 37.4 Å². The molecule has 2 aromatic carbocycles. The third-order valence-electron chi connectivity index (χ3n) is 8.54. The van der Waals surface area contributed by atoms with Crippen molar-refractivity contribution < 1.29 is 14.3 Å². The number of aromatic nitrogens is 5. The van der Waals surface area contributed by atoms with Crippen LogP contribution in [0.5, 0.6) is 0 Å². The van der Waals surface area contributed by atoms with E-state index in [1.165, 1.54) is 5.56 Å². The summed E-state index contributed by atoms with van der Waals surface area (Å²) in [6.45, 7) is 5.86. The van der Waals surface area contributed by atoms with E-state index in [1.807, 2.05) is 27.1 Å². The van der Waals surface area contributed by atoms with Gasteiger partial charge in [-0.15, -0.1) is 5.10 Å². The summed E-state index contributed by atoms with van der Waals surface area (Å²) >= 11 is 0. The van der Waals surface area contributed by atoms with Gasteiger partial charge in [0.25, 0.3) is 0 Å². The number of rotatable bonds is 5. The van der Waals surface area contributed by atoms with Crippen LogP contribution in [0, 0.1) is 12.8 Å². The maximum absolute atomic E-state index is 12.0. The topological polar surface area (TPSA) is 96.1 Å². The highest BCUT2D eigenvalue weighted by molar-refractivity contribution is 6.07. The van der Waals surface area contributed by atoms with Gasteiger partial charge in [0.05, 0.1) is 40.5 Å². The van der Waals surface area contributed by atoms with Crippen LogP contribution in [0.4, 0.5) is 4.79 Å². The second kappa shape index (κ2) is 9.45. The monoisotopic (exact) mass is 536 g/mol. The Labute approximate surface area is 232 Å². The zero-order valence-electron chi connectivity index (χ0n) is 22.9. The Balaban J connectivity index is 1.53. The van der Waals surface area contributed by atoms with Crippen LogP contribution in [0.3, 0.4) is 0 Å². The van der Waals surface area contributed by atoms with Crippen LogP contribution in [0.15, 0.2) is 60.8 Å². The second-order valence-electron chi connectivity index (χ2n) is 11.1. The minimum absolute atomic E-state index is 0.0696. The first-order valence-corrected chi connectivity index (χ1v) is 13.8. The van der Waals surface area contributed by atoms with Gasteiger partial charge < -0.3 is 19.4 Å². The average molecular weight is 537 g/mol. The number of nitrogens with zero attached hydrogens (tertiary/aromatic N) is 5.